The third-order valence-corrected chi connectivity index (χ3v) is 10.3. The predicted molar refractivity (Wildman–Crippen MR) is 169 cm³/mol. The molecule has 1 spiro atoms. The molecule has 5 rings (SSSR count). The van der Waals surface area contributed by atoms with E-state index in [-0.39, 0.29) is 25.0 Å². The Morgan fingerprint density at radius 1 is 1.16 bits per heavy atom. The molecular formula is C35H49N3O7. The zero-order valence-electron chi connectivity index (χ0n) is 26.6. The first-order valence-electron chi connectivity index (χ1n) is 16.5. The first kappa shape index (κ1) is 33.3. The molecule has 2 bridgehead atoms. The molecule has 0 aromatic heterocycles. The molecule has 2 amide bonds. The van der Waals surface area contributed by atoms with Crippen LogP contribution in [-0.2, 0) is 28.6 Å². The zero-order valence-corrected chi connectivity index (χ0v) is 26.6. The number of carbonyl (C=O) groups excluding carboxylic acids is 3. The van der Waals surface area contributed by atoms with Crippen LogP contribution in [0.1, 0.15) is 57.1 Å². The van der Waals surface area contributed by atoms with E-state index in [0.717, 1.165) is 25.9 Å². The fraction of sp³-hybridized carbons (Fsp3) is 0.629. The molecule has 1 aromatic rings. The Labute approximate surface area is 267 Å². The van der Waals surface area contributed by atoms with Crippen molar-refractivity contribution in [2.75, 3.05) is 59.2 Å². The van der Waals surface area contributed by atoms with Crippen LogP contribution in [0.5, 0.6) is 0 Å². The minimum atomic E-state index is -1.21. The van der Waals surface area contributed by atoms with Gasteiger partial charge in [-0.05, 0) is 44.1 Å². The van der Waals surface area contributed by atoms with Crippen LogP contribution in [0, 0.1) is 11.8 Å². The predicted octanol–water partition coefficient (Wildman–Crippen LogP) is 3.12. The summed E-state index contributed by atoms with van der Waals surface area (Å²) in [5.41, 5.74) is -1.38. The number of amides is 2. The number of esters is 1. The topological polar surface area (TPSA) is 109 Å². The molecule has 0 saturated carbocycles. The van der Waals surface area contributed by atoms with Gasteiger partial charge < -0.3 is 29.1 Å². The number of nitrogens with zero attached hydrogens (tertiary/aromatic N) is 3. The zero-order chi connectivity index (χ0) is 32.0. The van der Waals surface area contributed by atoms with Crippen LogP contribution in [0.4, 0.5) is 0 Å². The Hall–Kier alpha value is -3.05. The molecule has 10 nitrogen and oxygen atoms in total. The lowest BCUT2D eigenvalue weighted by atomic mass is 9.65. The van der Waals surface area contributed by atoms with Gasteiger partial charge in [0.05, 0.1) is 44.0 Å². The molecule has 0 radical (unpaired) electrons. The second-order valence-electron chi connectivity index (χ2n) is 12.7. The number of aliphatic hydroxyl groups excluding tert-OH is 1. The van der Waals surface area contributed by atoms with E-state index in [9.17, 15) is 19.5 Å². The van der Waals surface area contributed by atoms with Gasteiger partial charge in [-0.2, -0.15) is 0 Å². The van der Waals surface area contributed by atoms with E-state index in [2.05, 4.69) is 18.1 Å². The molecule has 45 heavy (non-hydrogen) atoms. The molecule has 0 aliphatic carbocycles. The quantitative estimate of drug-likeness (QED) is 0.170. The van der Waals surface area contributed by atoms with E-state index in [0.29, 0.717) is 64.1 Å². The van der Waals surface area contributed by atoms with Crippen LogP contribution >= 0.6 is 0 Å². The van der Waals surface area contributed by atoms with Crippen LogP contribution in [0.3, 0.4) is 0 Å². The van der Waals surface area contributed by atoms with Crippen LogP contribution in [0.25, 0.3) is 0 Å². The Kier molecular flexibility index (Phi) is 10.8. The van der Waals surface area contributed by atoms with E-state index in [4.69, 9.17) is 14.2 Å². The molecule has 10 heteroatoms. The van der Waals surface area contributed by atoms with Crippen molar-refractivity contribution in [1.82, 2.24) is 14.7 Å². The van der Waals surface area contributed by atoms with Gasteiger partial charge in [0, 0.05) is 32.7 Å². The van der Waals surface area contributed by atoms with E-state index in [1.54, 1.807) is 11.0 Å². The normalized spacial score (nSPS) is 29.8. The number of aliphatic hydroxyl groups is 1. The first-order chi connectivity index (χ1) is 21.9. The number of benzene rings is 1. The lowest BCUT2D eigenvalue weighted by Gasteiger charge is -2.40. The number of likely N-dealkylation sites (tertiary alicyclic amines) is 1. The van der Waals surface area contributed by atoms with Gasteiger partial charge in [-0.15, -0.1) is 13.2 Å². The van der Waals surface area contributed by atoms with Crippen LogP contribution < -0.4 is 0 Å². The number of allylic oxidation sites excluding steroid dienone is 1. The number of morpholine rings is 1. The van der Waals surface area contributed by atoms with Crippen molar-refractivity contribution >= 4 is 17.8 Å². The van der Waals surface area contributed by atoms with Gasteiger partial charge in [0.2, 0.25) is 11.8 Å². The Morgan fingerprint density at radius 3 is 2.58 bits per heavy atom. The SMILES string of the molecule is C=CCCCCOC(=O)[C@@H]1[C@H]2C(=O)N([C@H](CO)c3ccccc3)C(C(=O)N(CC=C)CCN3CCOCC3)C23CC[C@@]1(CC)O3. The van der Waals surface area contributed by atoms with E-state index in [1.165, 1.54) is 4.90 Å². The summed E-state index contributed by atoms with van der Waals surface area (Å²) in [4.78, 5) is 49.0. The summed E-state index contributed by atoms with van der Waals surface area (Å²) in [6.07, 6.45) is 7.45. The minimum Gasteiger partial charge on any atom is -0.465 e. The summed E-state index contributed by atoms with van der Waals surface area (Å²) in [6, 6.07) is 7.46. The van der Waals surface area contributed by atoms with Crippen molar-refractivity contribution in [3.05, 3.63) is 61.2 Å². The highest BCUT2D eigenvalue weighted by molar-refractivity contribution is 5.99. The second kappa shape index (κ2) is 14.6. The highest BCUT2D eigenvalue weighted by Crippen LogP contribution is 2.65. The lowest BCUT2D eigenvalue weighted by molar-refractivity contribution is -0.163. The van der Waals surface area contributed by atoms with Gasteiger partial charge in [-0.25, -0.2) is 0 Å². The van der Waals surface area contributed by atoms with Crippen molar-refractivity contribution < 1.29 is 33.7 Å². The standard InChI is InChI=1S/C35H49N3O7/c1-4-7-8-12-22-44-33(42)29-28-31(40)38(27(25-39)26-13-10-9-11-14-26)30(35(28)16-15-34(29,6-3)45-35)32(41)37(17-5-2)19-18-36-20-23-43-24-21-36/h4-5,9-11,13-14,27-30,39H,1-2,6-8,12,15-25H2,3H3/t27-,28+,29+,30?,34-,35?/m1/s1. The molecule has 4 aliphatic rings. The Morgan fingerprint density at radius 2 is 1.91 bits per heavy atom. The van der Waals surface area contributed by atoms with Crippen molar-refractivity contribution in [2.45, 2.75) is 68.7 Å². The van der Waals surface area contributed by atoms with E-state index >= 15 is 0 Å². The molecule has 4 saturated heterocycles. The molecule has 4 heterocycles. The average molecular weight is 624 g/mol. The van der Waals surface area contributed by atoms with Crippen LogP contribution in [0.2, 0.25) is 0 Å². The smallest absolute Gasteiger partial charge is 0.312 e. The number of hydrogen-bond donors (Lipinski definition) is 1. The number of hydrogen-bond acceptors (Lipinski definition) is 8. The maximum Gasteiger partial charge on any atom is 0.312 e. The monoisotopic (exact) mass is 623 g/mol. The summed E-state index contributed by atoms with van der Waals surface area (Å²) < 4.78 is 18.2. The Bertz CT molecular complexity index is 1220. The van der Waals surface area contributed by atoms with E-state index in [1.807, 2.05) is 43.3 Å². The summed E-state index contributed by atoms with van der Waals surface area (Å²) in [7, 11) is 0. The molecule has 4 aliphatic heterocycles. The molecule has 6 atom stereocenters. The van der Waals surface area contributed by atoms with Gasteiger partial charge in [-0.1, -0.05) is 49.4 Å². The maximum absolute atomic E-state index is 14.8. The van der Waals surface area contributed by atoms with Gasteiger partial charge in [0.25, 0.3) is 0 Å². The third kappa shape index (κ3) is 6.22. The van der Waals surface area contributed by atoms with Gasteiger partial charge in [-0.3, -0.25) is 19.3 Å². The van der Waals surface area contributed by atoms with Crippen LogP contribution in [0.15, 0.2) is 55.6 Å². The number of rotatable bonds is 16. The van der Waals surface area contributed by atoms with Gasteiger partial charge in [0.1, 0.15) is 17.6 Å². The summed E-state index contributed by atoms with van der Waals surface area (Å²) in [5, 5.41) is 10.8. The molecule has 1 N–H and O–H groups in total. The van der Waals surface area contributed by atoms with Crippen molar-refractivity contribution in [3.8, 4) is 0 Å². The highest BCUT2D eigenvalue weighted by atomic mass is 16.6. The van der Waals surface area contributed by atoms with Gasteiger partial charge in [0.15, 0.2) is 0 Å². The summed E-state index contributed by atoms with van der Waals surface area (Å²) >= 11 is 0. The third-order valence-electron chi connectivity index (χ3n) is 10.3. The largest absolute Gasteiger partial charge is 0.465 e. The highest BCUT2D eigenvalue weighted by Gasteiger charge is 2.79. The van der Waals surface area contributed by atoms with Crippen molar-refractivity contribution in [1.29, 1.82) is 0 Å². The maximum atomic E-state index is 14.8. The Balaban J connectivity index is 1.51. The van der Waals surface area contributed by atoms with Gasteiger partial charge >= 0.3 is 5.97 Å². The minimum absolute atomic E-state index is 0.251. The molecule has 1 aromatic carbocycles. The number of fused-ring (bicyclic) bond motifs is 1. The molecule has 2 unspecified atom stereocenters. The molecule has 4 fully saturated rings. The number of ether oxygens (including phenoxy) is 3. The summed E-state index contributed by atoms with van der Waals surface area (Å²) in [6.45, 7) is 13.8. The average Bonchev–Trinajstić information content (AvgIpc) is 3.67. The second-order valence-corrected chi connectivity index (χ2v) is 12.7. The number of unbranched alkanes of at least 4 members (excludes halogenated alkanes) is 2. The van der Waals surface area contributed by atoms with E-state index < -0.39 is 41.1 Å². The fourth-order valence-corrected chi connectivity index (χ4v) is 8.02. The van der Waals surface area contributed by atoms with Crippen LogP contribution in [-0.4, -0.2) is 114 Å². The molecular weight excluding hydrogens is 574 g/mol. The van der Waals surface area contributed by atoms with Crippen molar-refractivity contribution in [2.24, 2.45) is 11.8 Å². The molecule has 246 valence electrons. The fourth-order valence-electron chi connectivity index (χ4n) is 8.02. The van der Waals surface area contributed by atoms with Crippen molar-refractivity contribution in [3.63, 3.8) is 0 Å². The summed E-state index contributed by atoms with van der Waals surface area (Å²) in [5.74, 6) is -2.76. The first-order valence-corrected chi connectivity index (χ1v) is 16.5. The number of carbonyl (C=O) groups is 3. The lowest BCUT2D eigenvalue weighted by Crippen LogP contribution is -2.58.